The predicted molar refractivity (Wildman–Crippen MR) is 83.7 cm³/mol. The van der Waals surface area contributed by atoms with E-state index in [4.69, 9.17) is 4.74 Å². The smallest absolute Gasteiger partial charge is 0.312 e. The van der Waals surface area contributed by atoms with Crippen LogP contribution in [0, 0.1) is 5.41 Å². The minimum atomic E-state index is -0.224. The fourth-order valence-electron chi connectivity index (χ4n) is 1.94. The maximum Gasteiger partial charge on any atom is 0.312 e. The van der Waals surface area contributed by atoms with Crippen LogP contribution < -0.4 is 4.74 Å². The first-order chi connectivity index (χ1) is 9.45. The highest BCUT2D eigenvalue weighted by molar-refractivity contribution is 5.73. The normalized spacial score (nSPS) is 13.2. The zero-order valence-corrected chi connectivity index (χ0v) is 12.7. The third-order valence-electron chi connectivity index (χ3n) is 3.28. The molecule has 20 heavy (non-hydrogen) atoms. The molecule has 0 spiro atoms. The van der Waals surface area contributed by atoms with Crippen LogP contribution in [0.15, 0.2) is 54.6 Å². The lowest BCUT2D eigenvalue weighted by Crippen LogP contribution is -2.21. The summed E-state index contributed by atoms with van der Waals surface area (Å²) >= 11 is 0. The molecule has 0 N–H and O–H groups in total. The third-order valence-corrected chi connectivity index (χ3v) is 3.28. The van der Waals surface area contributed by atoms with Crippen molar-refractivity contribution < 1.29 is 9.53 Å². The van der Waals surface area contributed by atoms with E-state index in [1.54, 1.807) is 12.1 Å². The molecule has 0 bridgehead atoms. The van der Waals surface area contributed by atoms with Gasteiger partial charge in [-0.25, -0.2) is 0 Å². The van der Waals surface area contributed by atoms with E-state index < -0.39 is 0 Å². The summed E-state index contributed by atoms with van der Waals surface area (Å²) in [5.74, 6) is 0.379. The van der Waals surface area contributed by atoms with Gasteiger partial charge in [-0.05, 0) is 44.2 Å². The third kappa shape index (κ3) is 5.87. The van der Waals surface area contributed by atoms with Gasteiger partial charge in [-0.3, -0.25) is 4.79 Å². The Morgan fingerprint density at radius 2 is 1.95 bits per heavy atom. The van der Waals surface area contributed by atoms with Crippen molar-refractivity contribution in [1.82, 2.24) is 0 Å². The molecule has 1 aromatic rings. The summed E-state index contributed by atoms with van der Waals surface area (Å²) in [7, 11) is 0. The first kappa shape index (κ1) is 16.2. The summed E-state index contributed by atoms with van der Waals surface area (Å²) in [5, 5.41) is 0. The van der Waals surface area contributed by atoms with Crippen molar-refractivity contribution in [3.63, 3.8) is 0 Å². The van der Waals surface area contributed by atoms with Gasteiger partial charge < -0.3 is 4.74 Å². The van der Waals surface area contributed by atoms with Crippen molar-refractivity contribution in [2.45, 2.75) is 40.0 Å². The molecule has 1 atom stereocenters. The Labute approximate surface area is 122 Å². The number of para-hydroxylation sites is 1. The van der Waals surface area contributed by atoms with E-state index >= 15 is 0 Å². The second-order valence-electron chi connectivity index (χ2n) is 5.64. The van der Waals surface area contributed by atoms with Gasteiger partial charge in [-0.1, -0.05) is 42.8 Å². The van der Waals surface area contributed by atoms with E-state index in [1.165, 1.54) is 5.57 Å². The van der Waals surface area contributed by atoms with Crippen LogP contribution in [0.4, 0.5) is 0 Å². The molecule has 1 unspecified atom stereocenters. The van der Waals surface area contributed by atoms with Gasteiger partial charge in [0.25, 0.3) is 0 Å². The molecule has 0 aromatic heterocycles. The van der Waals surface area contributed by atoms with Crippen LogP contribution >= 0.6 is 0 Å². The molecule has 1 rings (SSSR count). The minimum absolute atomic E-state index is 0.212. The molecule has 0 amide bonds. The van der Waals surface area contributed by atoms with Crippen LogP contribution in [0.2, 0.25) is 0 Å². The summed E-state index contributed by atoms with van der Waals surface area (Å²) < 4.78 is 5.34. The Hall–Kier alpha value is -1.83. The maximum absolute atomic E-state index is 12.0. The van der Waals surface area contributed by atoms with Crippen LogP contribution in [0.25, 0.3) is 0 Å². The van der Waals surface area contributed by atoms with Crippen molar-refractivity contribution in [2.24, 2.45) is 5.41 Å². The van der Waals surface area contributed by atoms with Gasteiger partial charge in [-0.2, -0.15) is 0 Å². The molecule has 0 aliphatic carbocycles. The molecule has 108 valence electrons. The second-order valence-corrected chi connectivity index (χ2v) is 5.64. The lowest BCUT2D eigenvalue weighted by atomic mass is 9.82. The molecule has 0 saturated heterocycles. The van der Waals surface area contributed by atoms with E-state index in [0.717, 1.165) is 12.8 Å². The first-order valence-electron chi connectivity index (χ1n) is 6.98. The summed E-state index contributed by atoms with van der Waals surface area (Å²) in [6.07, 6.45) is 6.24. The number of carbonyl (C=O) groups excluding carboxylic acids is 1. The van der Waals surface area contributed by atoms with E-state index in [1.807, 2.05) is 31.2 Å². The fraction of sp³-hybridized carbons (Fsp3) is 0.389. The van der Waals surface area contributed by atoms with E-state index in [2.05, 4.69) is 26.5 Å². The molecule has 0 radical (unpaired) electrons. The number of hydrogen-bond donors (Lipinski definition) is 0. The number of allylic oxidation sites excluding steroid dienone is 3. The van der Waals surface area contributed by atoms with Crippen LogP contribution in [0.3, 0.4) is 0 Å². The molecular weight excluding hydrogens is 248 g/mol. The van der Waals surface area contributed by atoms with Gasteiger partial charge in [0, 0.05) is 0 Å². The average molecular weight is 272 g/mol. The molecule has 0 fully saturated rings. The van der Waals surface area contributed by atoms with Gasteiger partial charge in [0.15, 0.2) is 0 Å². The Morgan fingerprint density at radius 3 is 2.50 bits per heavy atom. The monoisotopic (exact) mass is 272 g/mol. The summed E-state index contributed by atoms with van der Waals surface area (Å²) in [4.78, 5) is 12.0. The van der Waals surface area contributed by atoms with Gasteiger partial charge in [0.2, 0.25) is 0 Å². The van der Waals surface area contributed by atoms with Crippen LogP contribution in [0.5, 0.6) is 5.75 Å². The second kappa shape index (κ2) is 7.68. The summed E-state index contributed by atoms with van der Waals surface area (Å²) in [5.41, 5.74) is 1.07. The Bertz CT molecular complexity index is 469. The Kier molecular flexibility index (Phi) is 6.23. The maximum atomic E-state index is 12.0. The van der Waals surface area contributed by atoms with Crippen LogP contribution in [-0.2, 0) is 4.79 Å². The van der Waals surface area contributed by atoms with Crippen LogP contribution in [0.1, 0.15) is 40.0 Å². The molecule has 2 nitrogen and oxygen atoms in total. The SMILES string of the molecule is C=CC(C)(CCC=C(C)C)CC(=O)Oc1ccccc1. The predicted octanol–water partition coefficient (Wildman–Crippen LogP) is 4.92. The van der Waals surface area contributed by atoms with E-state index in [-0.39, 0.29) is 11.4 Å². The van der Waals surface area contributed by atoms with Gasteiger partial charge >= 0.3 is 5.97 Å². The van der Waals surface area contributed by atoms with Crippen molar-refractivity contribution in [1.29, 1.82) is 0 Å². The molecule has 1 aromatic carbocycles. The summed E-state index contributed by atoms with van der Waals surface area (Å²) in [6, 6.07) is 9.16. The minimum Gasteiger partial charge on any atom is -0.427 e. The van der Waals surface area contributed by atoms with Crippen molar-refractivity contribution >= 4 is 5.97 Å². The average Bonchev–Trinajstić information content (AvgIpc) is 2.39. The van der Waals surface area contributed by atoms with Crippen LogP contribution in [-0.4, -0.2) is 5.97 Å². The number of rotatable bonds is 7. The van der Waals surface area contributed by atoms with Crippen molar-refractivity contribution in [3.05, 3.63) is 54.6 Å². The molecule has 0 aliphatic rings. The fourth-order valence-corrected chi connectivity index (χ4v) is 1.94. The highest BCUT2D eigenvalue weighted by Gasteiger charge is 2.24. The number of hydrogen-bond acceptors (Lipinski definition) is 2. The van der Waals surface area contributed by atoms with Crippen molar-refractivity contribution in [3.8, 4) is 5.75 Å². The zero-order valence-electron chi connectivity index (χ0n) is 12.7. The molecule has 0 saturated carbocycles. The Morgan fingerprint density at radius 1 is 1.30 bits per heavy atom. The largest absolute Gasteiger partial charge is 0.427 e. The lowest BCUT2D eigenvalue weighted by molar-refractivity contribution is -0.136. The molecular formula is C18H24O2. The molecule has 0 aliphatic heterocycles. The number of benzene rings is 1. The quantitative estimate of drug-likeness (QED) is 0.400. The first-order valence-corrected chi connectivity index (χ1v) is 6.98. The van der Waals surface area contributed by atoms with E-state index in [0.29, 0.717) is 12.2 Å². The molecule has 0 heterocycles. The van der Waals surface area contributed by atoms with Gasteiger partial charge in [0.05, 0.1) is 6.42 Å². The standard InChI is InChI=1S/C18H24O2/c1-5-18(4,13-9-10-15(2)3)14-17(19)20-16-11-7-6-8-12-16/h5-8,10-12H,1,9,13-14H2,2-4H3. The molecule has 2 heteroatoms. The summed E-state index contributed by atoms with van der Waals surface area (Å²) in [6.45, 7) is 10.1. The van der Waals surface area contributed by atoms with E-state index in [9.17, 15) is 4.79 Å². The van der Waals surface area contributed by atoms with Gasteiger partial charge in [-0.15, -0.1) is 6.58 Å². The highest BCUT2D eigenvalue weighted by atomic mass is 16.5. The number of carbonyl (C=O) groups is 1. The lowest BCUT2D eigenvalue weighted by Gasteiger charge is -2.24. The topological polar surface area (TPSA) is 26.3 Å². The van der Waals surface area contributed by atoms with Crippen molar-refractivity contribution in [2.75, 3.05) is 0 Å². The Balaban J connectivity index is 2.56. The highest BCUT2D eigenvalue weighted by Crippen LogP contribution is 2.30. The zero-order chi connectivity index (χ0) is 15.0. The number of esters is 1. The number of ether oxygens (including phenoxy) is 1. The van der Waals surface area contributed by atoms with Gasteiger partial charge in [0.1, 0.15) is 5.75 Å².